The van der Waals surface area contributed by atoms with Crippen LogP contribution >= 0.6 is 0 Å². The van der Waals surface area contributed by atoms with Crippen molar-refractivity contribution in [2.24, 2.45) is 5.92 Å². The maximum absolute atomic E-state index is 11.8. The number of piperazine rings is 1. The van der Waals surface area contributed by atoms with Crippen molar-refractivity contribution >= 4 is 5.91 Å². The van der Waals surface area contributed by atoms with Gasteiger partial charge in [0.15, 0.2) is 0 Å². The number of hydrogen-bond acceptors (Lipinski definition) is 2. The molecule has 1 saturated heterocycles. The number of carbonyl (C=O) groups is 1. The summed E-state index contributed by atoms with van der Waals surface area (Å²) >= 11 is 0. The standard InChI is InChI=1S/C12H22N2O/c1-12(2,3)14-8-6-13(7-9-14)11(15)10-4-5-10/h10H,4-9H2,1-3H3. The van der Waals surface area contributed by atoms with Crippen LogP contribution in [0.15, 0.2) is 0 Å². The molecule has 2 aliphatic rings. The summed E-state index contributed by atoms with van der Waals surface area (Å²) in [5.41, 5.74) is 0.245. The average molecular weight is 210 g/mol. The minimum absolute atomic E-state index is 0.245. The monoisotopic (exact) mass is 210 g/mol. The zero-order valence-electron chi connectivity index (χ0n) is 10.1. The molecule has 0 radical (unpaired) electrons. The van der Waals surface area contributed by atoms with Crippen molar-refractivity contribution in [1.29, 1.82) is 0 Å². The number of hydrogen-bond donors (Lipinski definition) is 0. The van der Waals surface area contributed by atoms with Crippen LogP contribution in [0.5, 0.6) is 0 Å². The molecular weight excluding hydrogens is 188 g/mol. The highest BCUT2D eigenvalue weighted by molar-refractivity contribution is 5.81. The molecular formula is C12H22N2O. The van der Waals surface area contributed by atoms with E-state index in [1.807, 2.05) is 0 Å². The van der Waals surface area contributed by atoms with Gasteiger partial charge in [-0.25, -0.2) is 0 Å². The molecule has 86 valence electrons. The molecule has 0 atom stereocenters. The Hall–Kier alpha value is -0.570. The van der Waals surface area contributed by atoms with Gasteiger partial charge in [-0.2, -0.15) is 0 Å². The molecule has 1 amide bonds. The second kappa shape index (κ2) is 3.78. The van der Waals surface area contributed by atoms with Crippen LogP contribution in [0.25, 0.3) is 0 Å². The van der Waals surface area contributed by atoms with Crippen molar-refractivity contribution < 1.29 is 4.79 Å². The van der Waals surface area contributed by atoms with Crippen molar-refractivity contribution in [2.75, 3.05) is 26.2 Å². The zero-order valence-corrected chi connectivity index (χ0v) is 10.1. The lowest BCUT2D eigenvalue weighted by molar-refractivity contribution is -0.135. The summed E-state index contributed by atoms with van der Waals surface area (Å²) in [5, 5.41) is 0. The Kier molecular flexibility index (Phi) is 2.75. The predicted octanol–water partition coefficient (Wildman–Crippen LogP) is 1.34. The molecule has 0 aromatic rings. The van der Waals surface area contributed by atoms with Gasteiger partial charge in [-0.05, 0) is 33.6 Å². The van der Waals surface area contributed by atoms with Gasteiger partial charge in [0.1, 0.15) is 0 Å². The average Bonchev–Trinajstić information content (AvgIpc) is 2.99. The first-order chi connectivity index (χ1) is 6.98. The van der Waals surface area contributed by atoms with Crippen molar-refractivity contribution in [3.63, 3.8) is 0 Å². The molecule has 0 spiro atoms. The number of carbonyl (C=O) groups excluding carboxylic acids is 1. The number of rotatable bonds is 1. The van der Waals surface area contributed by atoms with Crippen LogP contribution < -0.4 is 0 Å². The molecule has 3 nitrogen and oxygen atoms in total. The third-order valence-corrected chi connectivity index (χ3v) is 3.47. The molecule has 2 rings (SSSR count). The number of amides is 1. The predicted molar refractivity (Wildman–Crippen MR) is 60.6 cm³/mol. The molecule has 2 fully saturated rings. The fraction of sp³-hybridized carbons (Fsp3) is 0.917. The van der Waals surface area contributed by atoms with Gasteiger partial charge >= 0.3 is 0 Å². The molecule has 1 aliphatic carbocycles. The second-order valence-corrected chi connectivity index (χ2v) is 5.76. The SMILES string of the molecule is CC(C)(C)N1CCN(C(=O)C2CC2)CC1. The molecule has 15 heavy (non-hydrogen) atoms. The third-order valence-electron chi connectivity index (χ3n) is 3.47. The highest BCUT2D eigenvalue weighted by Crippen LogP contribution is 2.31. The van der Waals surface area contributed by atoms with Crippen LogP contribution in [-0.4, -0.2) is 47.4 Å². The summed E-state index contributed by atoms with van der Waals surface area (Å²) in [4.78, 5) is 16.3. The van der Waals surface area contributed by atoms with Crippen molar-refractivity contribution in [2.45, 2.75) is 39.2 Å². The molecule has 0 bridgehead atoms. The summed E-state index contributed by atoms with van der Waals surface area (Å²) in [6.07, 6.45) is 2.25. The van der Waals surface area contributed by atoms with Gasteiger partial charge in [0.2, 0.25) is 5.91 Å². The van der Waals surface area contributed by atoms with Gasteiger partial charge in [-0.3, -0.25) is 9.69 Å². The van der Waals surface area contributed by atoms with Crippen molar-refractivity contribution in [1.82, 2.24) is 9.80 Å². The summed E-state index contributed by atoms with van der Waals surface area (Å²) in [6, 6.07) is 0. The molecule has 0 aromatic heterocycles. The third kappa shape index (κ3) is 2.51. The normalized spacial score (nSPS) is 24.3. The summed E-state index contributed by atoms with van der Waals surface area (Å²) in [7, 11) is 0. The van der Waals surface area contributed by atoms with Crippen LogP contribution in [-0.2, 0) is 4.79 Å². The topological polar surface area (TPSA) is 23.6 Å². The second-order valence-electron chi connectivity index (χ2n) is 5.76. The van der Waals surface area contributed by atoms with E-state index in [2.05, 4.69) is 30.6 Å². The first-order valence-electron chi connectivity index (χ1n) is 6.02. The first-order valence-corrected chi connectivity index (χ1v) is 6.02. The summed E-state index contributed by atoms with van der Waals surface area (Å²) < 4.78 is 0. The van der Waals surface area contributed by atoms with Gasteiger partial charge in [0, 0.05) is 37.6 Å². The summed E-state index contributed by atoms with van der Waals surface area (Å²) in [6.45, 7) is 10.6. The van der Waals surface area contributed by atoms with Crippen molar-refractivity contribution in [3.8, 4) is 0 Å². The molecule has 1 heterocycles. The van der Waals surface area contributed by atoms with Crippen LogP contribution in [0.3, 0.4) is 0 Å². The minimum atomic E-state index is 0.245. The smallest absolute Gasteiger partial charge is 0.225 e. The Morgan fingerprint density at radius 2 is 1.60 bits per heavy atom. The highest BCUT2D eigenvalue weighted by atomic mass is 16.2. The van der Waals surface area contributed by atoms with Crippen LogP contribution in [0.2, 0.25) is 0 Å². The minimum Gasteiger partial charge on any atom is -0.340 e. The van der Waals surface area contributed by atoms with Gasteiger partial charge in [-0.1, -0.05) is 0 Å². The van der Waals surface area contributed by atoms with E-state index in [1.54, 1.807) is 0 Å². The Morgan fingerprint density at radius 1 is 1.07 bits per heavy atom. The largest absolute Gasteiger partial charge is 0.340 e. The van der Waals surface area contributed by atoms with Gasteiger partial charge in [0.05, 0.1) is 0 Å². The van der Waals surface area contributed by atoms with Crippen LogP contribution in [0.1, 0.15) is 33.6 Å². The number of nitrogens with zero attached hydrogens (tertiary/aromatic N) is 2. The Bertz CT molecular complexity index is 245. The lowest BCUT2D eigenvalue weighted by Gasteiger charge is -2.42. The van der Waals surface area contributed by atoms with E-state index in [0.29, 0.717) is 11.8 Å². The maximum Gasteiger partial charge on any atom is 0.225 e. The van der Waals surface area contributed by atoms with E-state index in [0.717, 1.165) is 39.0 Å². The Morgan fingerprint density at radius 3 is 2.00 bits per heavy atom. The van der Waals surface area contributed by atoms with Gasteiger partial charge in [0.25, 0.3) is 0 Å². The molecule has 0 N–H and O–H groups in total. The lowest BCUT2D eigenvalue weighted by Crippen LogP contribution is -2.54. The molecule has 0 unspecified atom stereocenters. The van der Waals surface area contributed by atoms with Gasteiger partial charge < -0.3 is 4.90 Å². The lowest BCUT2D eigenvalue weighted by atomic mass is 10.0. The molecule has 0 aromatic carbocycles. The molecule has 1 saturated carbocycles. The quantitative estimate of drug-likeness (QED) is 0.652. The van der Waals surface area contributed by atoms with E-state index in [4.69, 9.17) is 0 Å². The van der Waals surface area contributed by atoms with E-state index < -0.39 is 0 Å². The van der Waals surface area contributed by atoms with E-state index >= 15 is 0 Å². The molecule has 1 aliphatic heterocycles. The maximum atomic E-state index is 11.8. The zero-order chi connectivity index (χ0) is 11.1. The fourth-order valence-electron chi connectivity index (χ4n) is 2.19. The van der Waals surface area contributed by atoms with Crippen molar-refractivity contribution in [3.05, 3.63) is 0 Å². The fourth-order valence-corrected chi connectivity index (χ4v) is 2.19. The highest BCUT2D eigenvalue weighted by Gasteiger charge is 2.35. The van der Waals surface area contributed by atoms with Gasteiger partial charge in [-0.15, -0.1) is 0 Å². The van der Waals surface area contributed by atoms with E-state index in [9.17, 15) is 4.79 Å². The van der Waals surface area contributed by atoms with Crippen LogP contribution in [0.4, 0.5) is 0 Å². The van der Waals surface area contributed by atoms with E-state index in [1.165, 1.54) is 0 Å². The Balaban J connectivity index is 1.83. The summed E-state index contributed by atoms with van der Waals surface area (Å²) in [5.74, 6) is 0.787. The first kappa shape index (κ1) is 10.9. The Labute approximate surface area is 92.4 Å². The van der Waals surface area contributed by atoms with Crippen LogP contribution in [0, 0.1) is 5.92 Å². The van der Waals surface area contributed by atoms with E-state index in [-0.39, 0.29) is 5.54 Å². The molecule has 3 heteroatoms.